The maximum atomic E-state index is 12.9. The molecule has 0 unspecified atom stereocenters. The summed E-state index contributed by atoms with van der Waals surface area (Å²) in [4.78, 5) is 32.1. The van der Waals surface area contributed by atoms with Crippen LogP contribution in [0.3, 0.4) is 0 Å². The van der Waals surface area contributed by atoms with E-state index in [9.17, 15) is 4.79 Å². The SMILES string of the molecule is Cc1nccc(N2CCN(C(=O)c3csc(N(C)c4ccccc4)n3)CC2)n1. The fourth-order valence-electron chi connectivity index (χ4n) is 3.20. The summed E-state index contributed by atoms with van der Waals surface area (Å²) < 4.78 is 0. The van der Waals surface area contributed by atoms with Gasteiger partial charge in [-0.1, -0.05) is 18.2 Å². The van der Waals surface area contributed by atoms with E-state index in [0.717, 1.165) is 35.6 Å². The summed E-state index contributed by atoms with van der Waals surface area (Å²) in [5, 5.41) is 2.65. The van der Waals surface area contributed by atoms with Crippen molar-refractivity contribution in [1.82, 2.24) is 19.9 Å². The summed E-state index contributed by atoms with van der Waals surface area (Å²) in [5.41, 5.74) is 1.55. The van der Waals surface area contributed by atoms with Crippen LogP contribution in [0.4, 0.5) is 16.6 Å². The van der Waals surface area contributed by atoms with Gasteiger partial charge in [-0.05, 0) is 25.1 Å². The molecule has 0 aliphatic carbocycles. The molecule has 3 heterocycles. The molecule has 4 rings (SSSR count). The number of hydrogen-bond donors (Lipinski definition) is 0. The second kappa shape index (κ2) is 7.93. The minimum Gasteiger partial charge on any atom is -0.353 e. The summed E-state index contributed by atoms with van der Waals surface area (Å²) in [7, 11) is 1.96. The smallest absolute Gasteiger partial charge is 0.273 e. The number of anilines is 3. The third-order valence-electron chi connectivity index (χ3n) is 4.79. The van der Waals surface area contributed by atoms with Crippen molar-refractivity contribution in [3.63, 3.8) is 0 Å². The first-order valence-corrected chi connectivity index (χ1v) is 10.1. The molecule has 28 heavy (non-hydrogen) atoms. The molecule has 8 heteroatoms. The molecule has 0 spiro atoms. The molecule has 0 saturated carbocycles. The highest BCUT2D eigenvalue weighted by atomic mass is 32.1. The van der Waals surface area contributed by atoms with E-state index in [0.29, 0.717) is 18.8 Å². The Labute approximate surface area is 168 Å². The zero-order chi connectivity index (χ0) is 19.5. The molecular formula is C20H22N6OS. The van der Waals surface area contributed by atoms with Gasteiger partial charge in [0.15, 0.2) is 5.13 Å². The first-order chi connectivity index (χ1) is 13.6. The second-order valence-electron chi connectivity index (χ2n) is 6.65. The lowest BCUT2D eigenvalue weighted by Gasteiger charge is -2.35. The lowest BCUT2D eigenvalue weighted by Crippen LogP contribution is -2.49. The maximum Gasteiger partial charge on any atom is 0.273 e. The summed E-state index contributed by atoms with van der Waals surface area (Å²) >= 11 is 1.48. The van der Waals surface area contributed by atoms with E-state index in [2.05, 4.69) is 19.9 Å². The Hall–Kier alpha value is -3.00. The van der Waals surface area contributed by atoms with Gasteiger partial charge in [0.1, 0.15) is 17.3 Å². The van der Waals surface area contributed by atoms with Gasteiger partial charge in [-0.2, -0.15) is 0 Å². The molecule has 1 aromatic carbocycles. The Morgan fingerprint density at radius 1 is 1.07 bits per heavy atom. The molecule has 7 nitrogen and oxygen atoms in total. The van der Waals surface area contributed by atoms with E-state index in [4.69, 9.17) is 0 Å². The molecule has 1 aliphatic rings. The fraction of sp³-hybridized carbons (Fsp3) is 0.300. The minimum atomic E-state index is -0.0116. The molecule has 1 aliphatic heterocycles. The van der Waals surface area contributed by atoms with Crippen molar-refractivity contribution in [2.75, 3.05) is 43.0 Å². The Kier molecular flexibility index (Phi) is 5.21. The molecule has 0 N–H and O–H groups in total. The van der Waals surface area contributed by atoms with E-state index in [-0.39, 0.29) is 5.91 Å². The monoisotopic (exact) mass is 394 g/mol. The van der Waals surface area contributed by atoms with Crippen molar-refractivity contribution in [3.05, 3.63) is 59.5 Å². The number of carbonyl (C=O) groups is 1. The van der Waals surface area contributed by atoms with Crippen molar-refractivity contribution in [2.45, 2.75) is 6.92 Å². The Balaban J connectivity index is 1.40. The maximum absolute atomic E-state index is 12.9. The minimum absolute atomic E-state index is 0.0116. The largest absolute Gasteiger partial charge is 0.353 e. The molecule has 0 atom stereocenters. The number of aromatic nitrogens is 3. The van der Waals surface area contributed by atoms with Crippen molar-refractivity contribution in [3.8, 4) is 0 Å². The van der Waals surface area contributed by atoms with Crippen LogP contribution < -0.4 is 9.80 Å². The summed E-state index contributed by atoms with van der Waals surface area (Å²) in [5.74, 6) is 1.66. The van der Waals surface area contributed by atoms with Crippen LogP contribution >= 0.6 is 11.3 Å². The molecule has 3 aromatic rings. The third kappa shape index (κ3) is 3.82. The van der Waals surface area contributed by atoms with Gasteiger partial charge in [-0.25, -0.2) is 15.0 Å². The highest BCUT2D eigenvalue weighted by molar-refractivity contribution is 7.14. The number of thiazole rings is 1. The zero-order valence-corrected chi connectivity index (χ0v) is 16.8. The molecule has 1 amide bonds. The molecular weight excluding hydrogens is 372 g/mol. The number of amides is 1. The average molecular weight is 395 g/mol. The number of carbonyl (C=O) groups excluding carboxylic acids is 1. The lowest BCUT2D eigenvalue weighted by atomic mass is 10.3. The number of piperazine rings is 1. The number of rotatable bonds is 4. The summed E-state index contributed by atoms with van der Waals surface area (Å²) in [6.07, 6.45) is 1.77. The van der Waals surface area contributed by atoms with Crippen molar-refractivity contribution < 1.29 is 4.79 Å². The highest BCUT2D eigenvalue weighted by Crippen LogP contribution is 2.27. The van der Waals surface area contributed by atoms with Gasteiger partial charge < -0.3 is 14.7 Å². The second-order valence-corrected chi connectivity index (χ2v) is 7.49. The van der Waals surface area contributed by atoms with Crippen LogP contribution in [0.15, 0.2) is 48.0 Å². The van der Waals surface area contributed by atoms with Gasteiger partial charge in [-0.3, -0.25) is 4.79 Å². The normalized spacial score (nSPS) is 14.2. The summed E-state index contributed by atoms with van der Waals surface area (Å²) in [6, 6.07) is 11.9. The van der Waals surface area contributed by atoms with E-state index in [1.54, 1.807) is 6.20 Å². The van der Waals surface area contributed by atoms with Crippen LogP contribution in [-0.2, 0) is 0 Å². The van der Waals surface area contributed by atoms with E-state index in [1.807, 2.05) is 65.5 Å². The highest BCUT2D eigenvalue weighted by Gasteiger charge is 2.25. The van der Waals surface area contributed by atoms with Crippen LogP contribution in [0.1, 0.15) is 16.3 Å². The Bertz CT molecular complexity index is 952. The predicted octanol–water partition coefficient (Wildman–Crippen LogP) is 2.97. The van der Waals surface area contributed by atoms with E-state index in [1.165, 1.54) is 11.3 Å². The van der Waals surface area contributed by atoms with Gasteiger partial charge in [0.2, 0.25) is 0 Å². The Morgan fingerprint density at radius 2 is 1.82 bits per heavy atom. The molecule has 0 radical (unpaired) electrons. The van der Waals surface area contributed by atoms with Crippen LogP contribution in [0.2, 0.25) is 0 Å². The number of aryl methyl sites for hydroxylation is 1. The van der Waals surface area contributed by atoms with E-state index < -0.39 is 0 Å². The summed E-state index contributed by atoms with van der Waals surface area (Å²) in [6.45, 7) is 4.70. The van der Waals surface area contributed by atoms with Crippen molar-refractivity contribution in [1.29, 1.82) is 0 Å². The molecule has 144 valence electrons. The first-order valence-electron chi connectivity index (χ1n) is 9.20. The standard InChI is InChI=1S/C20H22N6OS/c1-15-21-9-8-18(22-15)25-10-12-26(13-11-25)19(27)17-14-28-20(23-17)24(2)16-6-4-3-5-7-16/h3-9,14H,10-13H2,1-2H3. The molecule has 1 saturated heterocycles. The lowest BCUT2D eigenvalue weighted by molar-refractivity contribution is 0.0741. The molecule has 1 fully saturated rings. The number of benzene rings is 1. The predicted molar refractivity (Wildman–Crippen MR) is 112 cm³/mol. The molecule has 0 bridgehead atoms. The average Bonchev–Trinajstić information content (AvgIpc) is 3.24. The van der Waals surface area contributed by atoms with Gasteiger partial charge in [0.05, 0.1) is 0 Å². The van der Waals surface area contributed by atoms with Gasteiger partial charge in [-0.15, -0.1) is 11.3 Å². The zero-order valence-electron chi connectivity index (χ0n) is 15.9. The first kappa shape index (κ1) is 18.4. The quantitative estimate of drug-likeness (QED) is 0.678. The van der Waals surface area contributed by atoms with E-state index >= 15 is 0 Å². The van der Waals surface area contributed by atoms with Crippen LogP contribution in [0, 0.1) is 6.92 Å². The van der Waals surface area contributed by atoms with Crippen molar-refractivity contribution in [2.24, 2.45) is 0 Å². The van der Waals surface area contributed by atoms with Crippen molar-refractivity contribution >= 4 is 33.9 Å². The fourth-order valence-corrected chi connectivity index (χ4v) is 3.98. The third-order valence-corrected chi connectivity index (χ3v) is 5.71. The van der Waals surface area contributed by atoms with Gasteiger partial charge in [0.25, 0.3) is 5.91 Å². The number of nitrogens with zero attached hydrogens (tertiary/aromatic N) is 6. The van der Waals surface area contributed by atoms with Crippen LogP contribution in [0.25, 0.3) is 0 Å². The van der Waals surface area contributed by atoms with Crippen LogP contribution in [-0.4, -0.2) is 59.0 Å². The number of hydrogen-bond acceptors (Lipinski definition) is 7. The van der Waals surface area contributed by atoms with Crippen LogP contribution in [0.5, 0.6) is 0 Å². The van der Waals surface area contributed by atoms with Gasteiger partial charge in [0, 0.05) is 50.5 Å². The van der Waals surface area contributed by atoms with Gasteiger partial charge >= 0.3 is 0 Å². The molecule has 2 aromatic heterocycles. The topological polar surface area (TPSA) is 65.5 Å². The Morgan fingerprint density at radius 3 is 2.54 bits per heavy atom. The number of para-hydroxylation sites is 1.